The minimum absolute atomic E-state index is 0.0130. The lowest BCUT2D eigenvalue weighted by Crippen LogP contribution is -2.62. The van der Waals surface area contributed by atoms with Gasteiger partial charge in [0.05, 0.1) is 24.4 Å². The average molecular weight is 468 g/mol. The third-order valence-corrected chi connectivity index (χ3v) is 7.77. The van der Waals surface area contributed by atoms with Crippen molar-refractivity contribution in [2.45, 2.75) is 103 Å². The molecular formula is C26H45NO6. The van der Waals surface area contributed by atoms with Gasteiger partial charge < -0.3 is 30.5 Å². The van der Waals surface area contributed by atoms with Crippen molar-refractivity contribution in [2.24, 2.45) is 29.4 Å². The zero-order valence-electron chi connectivity index (χ0n) is 20.9. The lowest BCUT2D eigenvalue weighted by atomic mass is 9.76. The number of hydrogen-bond acceptors (Lipinski definition) is 6. The third kappa shape index (κ3) is 7.36. The molecule has 0 aliphatic carbocycles. The minimum atomic E-state index is -0.984. The van der Waals surface area contributed by atoms with Gasteiger partial charge in [0, 0.05) is 37.4 Å². The lowest BCUT2D eigenvalue weighted by Gasteiger charge is -2.54. The molecule has 2 saturated heterocycles. The van der Waals surface area contributed by atoms with Crippen molar-refractivity contribution in [3.63, 3.8) is 0 Å². The van der Waals surface area contributed by atoms with E-state index >= 15 is 0 Å². The Morgan fingerprint density at radius 3 is 2.45 bits per heavy atom. The summed E-state index contributed by atoms with van der Waals surface area (Å²) in [6.07, 6.45) is 7.78. The molecule has 2 aliphatic heterocycles. The molecule has 1 amide bonds. The summed E-state index contributed by atoms with van der Waals surface area (Å²) in [4.78, 5) is 10.9. The topological polar surface area (TPSA) is 122 Å². The second-order valence-corrected chi connectivity index (χ2v) is 10.2. The number of carbonyl (C=O) groups is 1. The molecule has 0 radical (unpaired) electrons. The van der Waals surface area contributed by atoms with Crippen LogP contribution < -0.4 is 5.73 Å². The zero-order chi connectivity index (χ0) is 24.8. The molecule has 33 heavy (non-hydrogen) atoms. The number of ether oxygens (including phenoxy) is 2. The van der Waals surface area contributed by atoms with Gasteiger partial charge in [0.15, 0.2) is 5.79 Å². The fourth-order valence-corrected chi connectivity index (χ4v) is 5.11. The number of primary amides is 1. The summed E-state index contributed by atoms with van der Waals surface area (Å²) in [7, 11) is 0. The van der Waals surface area contributed by atoms with E-state index < -0.39 is 23.9 Å². The monoisotopic (exact) mass is 467 g/mol. The molecule has 7 heteroatoms. The first-order chi connectivity index (χ1) is 15.5. The highest BCUT2D eigenvalue weighted by atomic mass is 16.7. The first-order valence-corrected chi connectivity index (χ1v) is 12.5. The number of rotatable bonds is 10. The first-order valence-electron chi connectivity index (χ1n) is 12.5. The molecule has 9 atom stereocenters. The van der Waals surface area contributed by atoms with Gasteiger partial charge in [-0.1, -0.05) is 45.4 Å². The SMILES string of the molecule is CCC(/C=C/C(N)=O)=C\CCC(CO)CC(C)[C@H]1C[C@H](O)[C@H](C)[C@]2(C[C@@H](O)[C@H](C)[C@@H](C)O2)O1. The maximum absolute atomic E-state index is 10.9. The zero-order valence-corrected chi connectivity index (χ0v) is 20.9. The van der Waals surface area contributed by atoms with Crippen LogP contribution in [-0.2, 0) is 14.3 Å². The molecule has 2 heterocycles. The van der Waals surface area contributed by atoms with Crippen LogP contribution in [0.1, 0.15) is 73.1 Å². The highest BCUT2D eigenvalue weighted by molar-refractivity contribution is 5.86. The number of nitrogens with two attached hydrogens (primary N) is 1. The van der Waals surface area contributed by atoms with Gasteiger partial charge in [-0.2, -0.15) is 0 Å². The first kappa shape index (κ1) is 28.0. The van der Waals surface area contributed by atoms with Gasteiger partial charge in [-0.15, -0.1) is 0 Å². The molecule has 0 bridgehead atoms. The molecule has 1 spiro atoms. The van der Waals surface area contributed by atoms with Crippen LogP contribution >= 0.6 is 0 Å². The van der Waals surface area contributed by atoms with Gasteiger partial charge in [0.2, 0.25) is 5.91 Å². The summed E-state index contributed by atoms with van der Waals surface area (Å²) >= 11 is 0. The van der Waals surface area contributed by atoms with Gasteiger partial charge in [-0.3, -0.25) is 4.79 Å². The molecule has 0 saturated carbocycles. The summed E-state index contributed by atoms with van der Waals surface area (Å²) in [5, 5.41) is 31.4. The van der Waals surface area contributed by atoms with Crippen molar-refractivity contribution >= 4 is 5.91 Å². The summed E-state index contributed by atoms with van der Waals surface area (Å²) in [5.74, 6) is -1.45. The molecule has 190 valence electrons. The summed E-state index contributed by atoms with van der Waals surface area (Å²) in [6, 6.07) is 0. The Morgan fingerprint density at radius 2 is 1.88 bits per heavy atom. The van der Waals surface area contributed by atoms with Crippen molar-refractivity contribution in [2.75, 3.05) is 6.61 Å². The van der Waals surface area contributed by atoms with Crippen LogP contribution in [0, 0.1) is 23.7 Å². The fourth-order valence-electron chi connectivity index (χ4n) is 5.11. The van der Waals surface area contributed by atoms with Crippen molar-refractivity contribution in [1.29, 1.82) is 0 Å². The molecule has 7 nitrogen and oxygen atoms in total. The lowest BCUT2D eigenvalue weighted by molar-refractivity contribution is -0.373. The largest absolute Gasteiger partial charge is 0.396 e. The third-order valence-electron chi connectivity index (χ3n) is 7.77. The Labute approximate surface area is 199 Å². The summed E-state index contributed by atoms with van der Waals surface area (Å²) < 4.78 is 12.8. The van der Waals surface area contributed by atoms with E-state index in [0.29, 0.717) is 12.8 Å². The standard InChI is InChI=1S/C26H45NO6/c1-6-20(10-11-25(27)31)8-7-9-21(15-28)12-16(2)24-13-22(29)18(4)26(33-24)14-23(30)17(3)19(5)32-26/h8,10-11,16-19,21-24,28-30H,6-7,9,12-15H2,1-5H3,(H2,27,31)/b11-10+,20-8+/t16?,17-,18+,19-,21?,22+,23-,24-,26+/m1/s1. The Balaban J connectivity index is 2.01. The molecule has 2 rings (SSSR count). The van der Waals surface area contributed by atoms with Gasteiger partial charge in [-0.05, 0) is 44.4 Å². The minimum Gasteiger partial charge on any atom is -0.396 e. The smallest absolute Gasteiger partial charge is 0.241 e. The number of allylic oxidation sites excluding steroid dienone is 3. The van der Waals surface area contributed by atoms with Gasteiger partial charge >= 0.3 is 0 Å². The molecule has 2 unspecified atom stereocenters. The summed E-state index contributed by atoms with van der Waals surface area (Å²) in [6.45, 7) is 10.1. The van der Waals surface area contributed by atoms with Gasteiger partial charge in [-0.25, -0.2) is 0 Å². The van der Waals surface area contributed by atoms with Crippen LogP contribution in [-0.4, -0.2) is 58.0 Å². The van der Waals surface area contributed by atoms with Crippen molar-refractivity contribution in [3.05, 3.63) is 23.8 Å². The number of hydrogen-bond donors (Lipinski definition) is 4. The molecule has 2 fully saturated rings. The van der Waals surface area contributed by atoms with Crippen molar-refractivity contribution in [3.8, 4) is 0 Å². The van der Waals surface area contributed by atoms with Crippen LogP contribution in [0.2, 0.25) is 0 Å². The van der Waals surface area contributed by atoms with Gasteiger partial charge in [0.1, 0.15) is 0 Å². The van der Waals surface area contributed by atoms with E-state index in [9.17, 15) is 20.1 Å². The van der Waals surface area contributed by atoms with E-state index in [4.69, 9.17) is 15.2 Å². The predicted molar refractivity (Wildman–Crippen MR) is 128 cm³/mol. The molecule has 2 aliphatic rings. The van der Waals surface area contributed by atoms with E-state index in [0.717, 1.165) is 31.3 Å². The van der Waals surface area contributed by atoms with E-state index in [1.54, 1.807) is 6.08 Å². The predicted octanol–water partition coefficient (Wildman–Crippen LogP) is 3.07. The number of carbonyl (C=O) groups excluding carboxylic acids is 1. The van der Waals surface area contributed by atoms with E-state index in [1.165, 1.54) is 6.08 Å². The summed E-state index contributed by atoms with van der Waals surface area (Å²) in [5.41, 5.74) is 6.22. The van der Waals surface area contributed by atoms with E-state index in [1.807, 2.05) is 27.7 Å². The maximum atomic E-state index is 10.9. The molecule has 0 aromatic heterocycles. The number of amides is 1. The highest BCUT2D eigenvalue weighted by Gasteiger charge is 2.54. The Bertz CT molecular complexity index is 680. The molecule has 5 N–H and O–H groups in total. The molecular weight excluding hydrogens is 422 g/mol. The van der Waals surface area contributed by atoms with E-state index in [2.05, 4.69) is 13.0 Å². The Hall–Kier alpha value is -1.25. The van der Waals surface area contributed by atoms with Crippen LogP contribution in [0.4, 0.5) is 0 Å². The fraction of sp³-hybridized carbons (Fsp3) is 0.808. The maximum Gasteiger partial charge on any atom is 0.241 e. The van der Waals surface area contributed by atoms with Gasteiger partial charge in [0.25, 0.3) is 0 Å². The highest BCUT2D eigenvalue weighted by Crippen LogP contribution is 2.46. The van der Waals surface area contributed by atoms with Crippen molar-refractivity contribution in [1.82, 2.24) is 0 Å². The Kier molecular flexibility index (Phi) is 10.6. The van der Waals surface area contributed by atoms with Crippen molar-refractivity contribution < 1.29 is 29.6 Å². The van der Waals surface area contributed by atoms with Crippen LogP contribution in [0.25, 0.3) is 0 Å². The Morgan fingerprint density at radius 1 is 1.18 bits per heavy atom. The number of aliphatic hydroxyl groups excluding tert-OH is 3. The second kappa shape index (κ2) is 12.5. The van der Waals surface area contributed by atoms with E-state index in [-0.39, 0.29) is 42.5 Å². The second-order valence-electron chi connectivity index (χ2n) is 10.2. The normalized spacial score (nSPS) is 37.4. The average Bonchev–Trinajstić information content (AvgIpc) is 2.76. The van der Waals surface area contributed by atoms with Crippen LogP contribution in [0.3, 0.4) is 0 Å². The quantitative estimate of drug-likeness (QED) is 0.289. The van der Waals surface area contributed by atoms with Crippen LogP contribution in [0.5, 0.6) is 0 Å². The number of aliphatic hydroxyl groups is 3. The molecule has 0 aromatic rings. The van der Waals surface area contributed by atoms with Crippen LogP contribution in [0.15, 0.2) is 23.8 Å². The molecule has 0 aromatic carbocycles.